The highest BCUT2D eigenvalue weighted by atomic mass is 35.5. The van der Waals surface area contributed by atoms with Crippen molar-refractivity contribution in [1.29, 1.82) is 0 Å². The van der Waals surface area contributed by atoms with Gasteiger partial charge in [-0.2, -0.15) is 5.10 Å². The Kier molecular flexibility index (Phi) is 5.27. The van der Waals surface area contributed by atoms with Gasteiger partial charge in [0.05, 0.1) is 6.04 Å². The molecule has 23 heavy (non-hydrogen) atoms. The number of amides is 1. The van der Waals surface area contributed by atoms with Crippen LogP contribution in [-0.4, -0.2) is 46.3 Å². The molecule has 1 aliphatic carbocycles. The van der Waals surface area contributed by atoms with Crippen LogP contribution >= 0.6 is 12.4 Å². The topological polar surface area (TPSA) is 50.2 Å². The van der Waals surface area contributed by atoms with Gasteiger partial charge in [0.1, 0.15) is 5.69 Å². The second-order valence-electron chi connectivity index (χ2n) is 7.08. The van der Waals surface area contributed by atoms with Crippen LogP contribution in [0.3, 0.4) is 0 Å². The summed E-state index contributed by atoms with van der Waals surface area (Å²) in [5.41, 5.74) is 0.636. The van der Waals surface area contributed by atoms with E-state index in [9.17, 15) is 4.79 Å². The molecule has 1 amide bonds. The SMILES string of the molecule is Cl.O=C(c1ccn(C2CCCNC2)n1)N1CCCC1C1CCC1. The maximum absolute atomic E-state index is 12.8. The highest BCUT2D eigenvalue weighted by molar-refractivity contribution is 5.92. The van der Waals surface area contributed by atoms with Crippen molar-refractivity contribution in [3.63, 3.8) is 0 Å². The van der Waals surface area contributed by atoms with E-state index in [2.05, 4.69) is 15.3 Å². The van der Waals surface area contributed by atoms with E-state index in [0.717, 1.165) is 38.4 Å². The number of rotatable bonds is 3. The molecular formula is C17H27ClN4O. The molecule has 0 bridgehead atoms. The summed E-state index contributed by atoms with van der Waals surface area (Å²) in [4.78, 5) is 14.9. The molecule has 2 unspecified atom stereocenters. The van der Waals surface area contributed by atoms with Crippen molar-refractivity contribution >= 4 is 18.3 Å². The van der Waals surface area contributed by atoms with Gasteiger partial charge in [-0.1, -0.05) is 6.42 Å². The fourth-order valence-corrected chi connectivity index (χ4v) is 4.22. The zero-order valence-electron chi connectivity index (χ0n) is 13.6. The van der Waals surface area contributed by atoms with Crippen LogP contribution in [0.1, 0.15) is 61.5 Å². The van der Waals surface area contributed by atoms with E-state index in [0.29, 0.717) is 17.8 Å². The normalized spacial score (nSPS) is 28.3. The third-order valence-corrected chi connectivity index (χ3v) is 5.73. The van der Waals surface area contributed by atoms with Crippen LogP contribution in [0.4, 0.5) is 0 Å². The Morgan fingerprint density at radius 3 is 2.74 bits per heavy atom. The minimum absolute atomic E-state index is 0. The molecule has 5 nitrogen and oxygen atoms in total. The molecule has 2 atom stereocenters. The summed E-state index contributed by atoms with van der Waals surface area (Å²) in [6.45, 7) is 2.97. The van der Waals surface area contributed by atoms with Gasteiger partial charge in [0, 0.05) is 25.3 Å². The molecule has 2 aliphatic heterocycles. The molecule has 6 heteroatoms. The smallest absolute Gasteiger partial charge is 0.274 e. The van der Waals surface area contributed by atoms with Crippen molar-refractivity contribution in [2.75, 3.05) is 19.6 Å². The molecule has 3 heterocycles. The Hall–Kier alpha value is -1.07. The zero-order valence-corrected chi connectivity index (χ0v) is 14.4. The number of likely N-dealkylation sites (tertiary alicyclic amines) is 1. The minimum atomic E-state index is 0. The average molecular weight is 339 g/mol. The number of carbonyl (C=O) groups excluding carboxylic acids is 1. The lowest BCUT2D eigenvalue weighted by atomic mass is 9.79. The molecule has 1 aromatic heterocycles. The van der Waals surface area contributed by atoms with Crippen LogP contribution in [0.15, 0.2) is 12.3 Å². The highest BCUT2D eigenvalue weighted by Crippen LogP contribution is 2.37. The molecule has 2 saturated heterocycles. The van der Waals surface area contributed by atoms with Gasteiger partial charge in [-0.3, -0.25) is 9.48 Å². The number of hydrogen-bond acceptors (Lipinski definition) is 3. The lowest BCUT2D eigenvalue weighted by Crippen LogP contribution is -2.42. The van der Waals surface area contributed by atoms with Gasteiger partial charge in [0.15, 0.2) is 0 Å². The Morgan fingerprint density at radius 2 is 2.04 bits per heavy atom. The number of aromatic nitrogens is 2. The first kappa shape index (κ1) is 16.8. The maximum atomic E-state index is 12.8. The number of carbonyl (C=O) groups is 1. The van der Waals surface area contributed by atoms with E-state index in [1.165, 1.54) is 32.1 Å². The molecular weight excluding hydrogens is 312 g/mol. The number of piperidine rings is 1. The fraction of sp³-hybridized carbons (Fsp3) is 0.765. The van der Waals surface area contributed by atoms with Crippen molar-refractivity contribution in [2.24, 2.45) is 5.92 Å². The monoisotopic (exact) mass is 338 g/mol. The van der Waals surface area contributed by atoms with E-state index in [-0.39, 0.29) is 18.3 Å². The quantitative estimate of drug-likeness (QED) is 0.921. The highest BCUT2D eigenvalue weighted by Gasteiger charge is 2.38. The van der Waals surface area contributed by atoms with E-state index < -0.39 is 0 Å². The first-order valence-corrected chi connectivity index (χ1v) is 8.90. The van der Waals surface area contributed by atoms with Crippen LogP contribution in [-0.2, 0) is 0 Å². The first-order valence-electron chi connectivity index (χ1n) is 8.90. The van der Waals surface area contributed by atoms with Crippen LogP contribution in [0.5, 0.6) is 0 Å². The third kappa shape index (κ3) is 3.26. The van der Waals surface area contributed by atoms with Gasteiger partial charge in [-0.15, -0.1) is 12.4 Å². The Labute approximate surface area is 144 Å². The molecule has 1 N–H and O–H groups in total. The lowest BCUT2D eigenvalue weighted by Gasteiger charge is -2.36. The Balaban J connectivity index is 0.00000156. The van der Waals surface area contributed by atoms with Crippen LogP contribution in [0.2, 0.25) is 0 Å². The molecule has 0 spiro atoms. The van der Waals surface area contributed by atoms with Gasteiger partial charge >= 0.3 is 0 Å². The van der Waals surface area contributed by atoms with Gasteiger partial charge in [0.2, 0.25) is 0 Å². The second-order valence-corrected chi connectivity index (χ2v) is 7.08. The minimum Gasteiger partial charge on any atom is -0.334 e. The van der Waals surface area contributed by atoms with Crippen LogP contribution in [0, 0.1) is 5.92 Å². The number of nitrogens with zero attached hydrogens (tertiary/aromatic N) is 3. The van der Waals surface area contributed by atoms with Crippen molar-refractivity contribution in [1.82, 2.24) is 20.0 Å². The van der Waals surface area contributed by atoms with Gasteiger partial charge in [-0.05, 0) is 57.1 Å². The largest absolute Gasteiger partial charge is 0.334 e. The van der Waals surface area contributed by atoms with Gasteiger partial charge < -0.3 is 10.2 Å². The van der Waals surface area contributed by atoms with Gasteiger partial charge in [-0.25, -0.2) is 0 Å². The molecule has 1 saturated carbocycles. The molecule has 0 aromatic carbocycles. The summed E-state index contributed by atoms with van der Waals surface area (Å²) in [5.74, 6) is 0.896. The number of halogens is 1. The summed E-state index contributed by atoms with van der Waals surface area (Å²) in [5, 5.41) is 8.01. The van der Waals surface area contributed by atoms with E-state index >= 15 is 0 Å². The standard InChI is InChI=1S/C17H26N4O.ClH/c22-17(20-10-3-7-16(20)13-4-1-5-13)15-8-11-21(19-15)14-6-2-9-18-12-14;/h8,11,13-14,16,18H,1-7,9-10,12H2;1H. The number of hydrogen-bond donors (Lipinski definition) is 1. The summed E-state index contributed by atoms with van der Waals surface area (Å²) >= 11 is 0. The van der Waals surface area contributed by atoms with Crippen molar-refractivity contribution in [2.45, 2.75) is 57.0 Å². The van der Waals surface area contributed by atoms with Crippen molar-refractivity contribution in [3.05, 3.63) is 18.0 Å². The molecule has 128 valence electrons. The van der Waals surface area contributed by atoms with Gasteiger partial charge in [0.25, 0.3) is 5.91 Å². The number of nitrogens with one attached hydrogen (secondary N) is 1. The molecule has 0 radical (unpaired) electrons. The second kappa shape index (κ2) is 7.22. The summed E-state index contributed by atoms with van der Waals surface area (Å²) < 4.78 is 1.99. The average Bonchev–Trinajstić information content (AvgIpc) is 3.15. The van der Waals surface area contributed by atoms with Crippen LogP contribution in [0.25, 0.3) is 0 Å². The van der Waals surface area contributed by atoms with Crippen molar-refractivity contribution in [3.8, 4) is 0 Å². The lowest BCUT2D eigenvalue weighted by molar-refractivity contribution is 0.0619. The van der Waals surface area contributed by atoms with E-state index in [1.54, 1.807) is 0 Å². The Bertz CT molecular complexity index is 536. The first-order chi connectivity index (χ1) is 10.8. The maximum Gasteiger partial charge on any atom is 0.274 e. The molecule has 1 aromatic rings. The summed E-state index contributed by atoms with van der Waals surface area (Å²) in [7, 11) is 0. The van der Waals surface area contributed by atoms with E-state index in [4.69, 9.17) is 0 Å². The predicted octanol–water partition coefficient (Wildman–Crippen LogP) is 2.63. The van der Waals surface area contributed by atoms with E-state index in [1.807, 2.05) is 16.9 Å². The van der Waals surface area contributed by atoms with Crippen molar-refractivity contribution < 1.29 is 4.79 Å². The Morgan fingerprint density at radius 1 is 1.17 bits per heavy atom. The predicted molar refractivity (Wildman–Crippen MR) is 92.0 cm³/mol. The zero-order chi connectivity index (χ0) is 14.9. The molecule has 4 rings (SSSR count). The summed E-state index contributed by atoms with van der Waals surface area (Å²) in [6, 6.07) is 2.78. The molecule has 3 aliphatic rings. The fourth-order valence-electron chi connectivity index (χ4n) is 4.22. The van der Waals surface area contributed by atoms with Crippen LogP contribution < -0.4 is 5.32 Å². The summed E-state index contributed by atoms with van der Waals surface area (Å²) in [6.07, 6.45) is 10.6. The third-order valence-electron chi connectivity index (χ3n) is 5.73. The molecule has 3 fully saturated rings.